The maximum Gasteiger partial charge on any atom is 0.427 e. The summed E-state index contributed by atoms with van der Waals surface area (Å²) in [4.78, 5) is 2.99. The highest BCUT2D eigenvalue weighted by molar-refractivity contribution is 7.12. The van der Waals surface area contributed by atoms with Gasteiger partial charge in [0.2, 0.25) is 0 Å². The number of amidine groups is 1. The number of nitrogens with zero attached hydrogens (tertiary/aromatic N) is 2. The molecule has 0 saturated heterocycles. The van der Waals surface area contributed by atoms with Gasteiger partial charge in [0.25, 0.3) is 5.54 Å². The molecule has 0 aliphatic carbocycles. The number of thiophene rings is 1. The highest BCUT2D eigenvalue weighted by atomic mass is 32.1. The summed E-state index contributed by atoms with van der Waals surface area (Å²) in [5, 5.41) is 12.6. The molecule has 0 radical (unpaired) electrons. The quantitative estimate of drug-likeness (QED) is 0.792. The van der Waals surface area contributed by atoms with E-state index in [9.17, 15) is 26.3 Å². The maximum atomic E-state index is 13.3. The standard InChI is InChI=1S/C12H7F6N3S/c1-6-7(5-19)10(11(13,14)15,12(16,17)18)21-9(20-6)8-3-2-4-22-8/h2-4H,1H3,(H,20,21). The average molecular weight is 339 g/mol. The van der Waals surface area contributed by atoms with Crippen molar-refractivity contribution in [3.63, 3.8) is 0 Å². The predicted molar refractivity (Wildman–Crippen MR) is 67.1 cm³/mol. The first-order chi connectivity index (χ1) is 10.0. The number of halogens is 6. The van der Waals surface area contributed by atoms with Crippen LogP contribution in [0.5, 0.6) is 0 Å². The summed E-state index contributed by atoms with van der Waals surface area (Å²) in [6.07, 6.45) is -11.6. The second kappa shape index (κ2) is 5.01. The van der Waals surface area contributed by atoms with Crippen LogP contribution in [0.25, 0.3) is 0 Å². The van der Waals surface area contributed by atoms with Crippen molar-refractivity contribution in [2.24, 2.45) is 4.99 Å². The highest BCUT2D eigenvalue weighted by Gasteiger charge is 2.75. The zero-order valence-corrected chi connectivity index (χ0v) is 11.6. The number of allylic oxidation sites excluding steroid dienone is 1. The summed E-state index contributed by atoms with van der Waals surface area (Å²) in [5.41, 5.74) is -6.60. The Kier molecular flexibility index (Phi) is 3.73. The van der Waals surface area contributed by atoms with Gasteiger partial charge in [-0.3, -0.25) is 0 Å². The molecule has 0 aromatic carbocycles. The molecule has 1 N–H and O–H groups in total. The minimum atomic E-state index is -5.80. The van der Waals surface area contributed by atoms with Gasteiger partial charge in [0, 0.05) is 5.70 Å². The van der Waals surface area contributed by atoms with E-state index in [2.05, 4.69) is 10.3 Å². The van der Waals surface area contributed by atoms with Crippen LogP contribution < -0.4 is 5.32 Å². The third-order valence-corrected chi connectivity index (χ3v) is 3.89. The van der Waals surface area contributed by atoms with E-state index >= 15 is 0 Å². The van der Waals surface area contributed by atoms with Crippen LogP contribution >= 0.6 is 11.3 Å². The third kappa shape index (κ3) is 2.25. The highest BCUT2D eigenvalue weighted by Crippen LogP contribution is 2.52. The zero-order chi connectivity index (χ0) is 16.8. The maximum absolute atomic E-state index is 13.3. The van der Waals surface area contributed by atoms with Gasteiger partial charge in [0.1, 0.15) is 5.84 Å². The number of nitrogens with one attached hydrogen (secondary N) is 1. The Morgan fingerprint density at radius 1 is 1.23 bits per heavy atom. The number of nitriles is 1. The van der Waals surface area contributed by atoms with Crippen LogP contribution in [0, 0.1) is 11.3 Å². The van der Waals surface area contributed by atoms with Crippen molar-refractivity contribution in [2.45, 2.75) is 24.8 Å². The number of hydrogen-bond acceptors (Lipinski definition) is 4. The molecule has 2 rings (SSSR count). The lowest BCUT2D eigenvalue weighted by atomic mass is 9.86. The van der Waals surface area contributed by atoms with Gasteiger partial charge in [0.05, 0.1) is 16.5 Å². The average Bonchev–Trinajstić information content (AvgIpc) is 2.88. The van der Waals surface area contributed by atoms with Crippen LogP contribution in [0.1, 0.15) is 11.8 Å². The third-order valence-electron chi connectivity index (χ3n) is 3.01. The van der Waals surface area contributed by atoms with E-state index in [0.717, 1.165) is 24.3 Å². The van der Waals surface area contributed by atoms with E-state index in [1.807, 2.05) is 0 Å². The van der Waals surface area contributed by atoms with Crippen LogP contribution in [0.2, 0.25) is 0 Å². The fraction of sp³-hybridized carbons (Fsp3) is 0.333. The van der Waals surface area contributed by atoms with Crippen molar-refractivity contribution >= 4 is 17.2 Å². The van der Waals surface area contributed by atoms with Gasteiger partial charge in [-0.15, -0.1) is 11.3 Å². The largest absolute Gasteiger partial charge is 0.427 e. The molecule has 0 fully saturated rings. The van der Waals surface area contributed by atoms with Gasteiger partial charge in [-0.2, -0.15) is 31.6 Å². The van der Waals surface area contributed by atoms with Crippen LogP contribution in [-0.4, -0.2) is 23.7 Å². The summed E-state index contributed by atoms with van der Waals surface area (Å²) >= 11 is 0.929. The normalized spacial score (nSPS) is 18.5. The molecule has 1 aliphatic rings. The van der Waals surface area contributed by atoms with Crippen molar-refractivity contribution in [2.75, 3.05) is 0 Å². The Bertz CT molecular complexity index is 661. The van der Waals surface area contributed by atoms with Crippen LogP contribution in [0.4, 0.5) is 26.3 Å². The van der Waals surface area contributed by atoms with E-state index < -0.39 is 35.0 Å². The topological polar surface area (TPSA) is 48.2 Å². The van der Waals surface area contributed by atoms with E-state index in [-0.39, 0.29) is 4.88 Å². The zero-order valence-electron chi connectivity index (χ0n) is 10.8. The molecule has 2 heterocycles. The van der Waals surface area contributed by atoms with Gasteiger partial charge in [-0.1, -0.05) is 6.07 Å². The van der Waals surface area contributed by atoms with Gasteiger partial charge in [0.15, 0.2) is 0 Å². The smallest absolute Gasteiger partial charge is 0.342 e. The summed E-state index contributed by atoms with van der Waals surface area (Å²) < 4.78 is 79.7. The molecule has 0 atom stereocenters. The molecule has 0 bridgehead atoms. The number of alkyl halides is 6. The minimum Gasteiger partial charge on any atom is -0.342 e. The summed E-state index contributed by atoms with van der Waals surface area (Å²) in [6.45, 7) is 0.979. The lowest BCUT2D eigenvalue weighted by Crippen LogP contribution is -2.60. The molecule has 1 aromatic heterocycles. The second-order valence-electron chi connectivity index (χ2n) is 4.38. The molecular weight excluding hydrogens is 332 g/mol. The first kappa shape index (κ1) is 16.4. The van der Waals surface area contributed by atoms with Crippen molar-refractivity contribution in [3.05, 3.63) is 33.7 Å². The van der Waals surface area contributed by atoms with Crippen molar-refractivity contribution in [3.8, 4) is 6.07 Å². The van der Waals surface area contributed by atoms with Crippen LogP contribution in [-0.2, 0) is 0 Å². The molecule has 10 heteroatoms. The summed E-state index contributed by atoms with van der Waals surface area (Å²) in [7, 11) is 0. The fourth-order valence-corrected chi connectivity index (χ4v) is 2.70. The van der Waals surface area contributed by atoms with E-state index in [0.29, 0.717) is 0 Å². The molecule has 1 aliphatic heterocycles. The van der Waals surface area contributed by atoms with Crippen LogP contribution in [0.3, 0.4) is 0 Å². The van der Waals surface area contributed by atoms with Gasteiger partial charge >= 0.3 is 12.4 Å². The molecule has 118 valence electrons. The SMILES string of the molecule is CC1=C(C#N)C(C(F)(F)F)(C(F)(F)F)N=C(c2cccs2)N1. The van der Waals surface area contributed by atoms with Gasteiger partial charge in [-0.25, -0.2) is 4.99 Å². The first-order valence-corrected chi connectivity index (χ1v) is 6.58. The van der Waals surface area contributed by atoms with Crippen molar-refractivity contribution in [1.29, 1.82) is 5.26 Å². The molecule has 0 spiro atoms. The fourth-order valence-electron chi connectivity index (χ4n) is 2.03. The van der Waals surface area contributed by atoms with E-state index in [1.165, 1.54) is 17.5 Å². The molecule has 0 saturated carbocycles. The summed E-state index contributed by atoms with van der Waals surface area (Å²) in [5.74, 6) is -0.568. The molecule has 0 amide bonds. The van der Waals surface area contributed by atoms with Gasteiger partial charge in [-0.05, 0) is 18.4 Å². The second-order valence-corrected chi connectivity index (χ2v) is 5.33. The first-order valence-electron chi connectivity index (χ1n) is 5.70. The molecule has 1 aromatic rings. The minimum absolute atomic E-state index is 0.106. The van der Waals surface area contributed by atoms with E-state index in [1.54, 1.807) is 0 Å². The Balaban J connectivity index is 2.80. The van der Waals surface area contributed by atoms with Crippen LogP contribution in [0.15, 0.2) is 33.8 Å². The lowest BCUT2D eigenvalue weighted by Gasteiger charge is -2.37. The Morgan fingerprint density at radius 3 is 2.23 bits per heavy atom. The molecule has 3 nitrogen and oxygen atoms in total. The van der Waals surface area contributed by atoms with E-state index in [4.69, 9.17) is 5.26 Å². The van der Waals surface area contributed by atoms with Gasteiger partial charge < -0.3 is 5.32 Å². The Labute approximate surface area is 124 Å². The monoisotopic (exact) mass is 339 g/mol. The molecular formula is C12H7F6N3S. The lowest BCUT2D eigenvalue weighted by molar-refractivity contribution is -0.281. The van der Waals surface area contributed by atoms with Crippen molar-refractivity contribution < 1.29 is 26.3 Å². The van der Waals surface area contributed by atoms with Crippen molar-refractivity contribution in [1.82, 2.24) is 5.32 Å². The summed E-state index contributed by atoms with van der Waals surface area (Å²) in [6, 6.07) is 3.79. The predicted octanol–water partition coefficient (Wildman–Crippen LogP) is 3.76. The Morgan fingerprint density at radius 2 is 1.82 bits per heavy atom. The number of hydrogen-bond donors (Lipinski definition) is 1. The number of aliphatic imine (C=N–C) groups is 1. The molecule has 0 unspecified atom stereocenters. The Hall–Kier alpha value is -2.02. The number of rotatable bonds is 1. The molecule has 22 heavy (non-hydrogen) atoms.